The summed E-state index contributed by atoms with van der Waals surface area (Å²) >= 11 is 0. The first-order chi connectivity index (χ1) is 16.9. The van der Waals surface area contributed by atoms with Gasteiger partial charge in [0.15, 0.2) is 11.6 Å². The Kier molecular flexibility index (Phi) is 5.25. The highest BCUT2D eigenvalue weighted by molar-refractivity contribution is 6.04. The van der Waals surface area contributed by atoms with E-state index in [9.17, 15) is 19.5 Å². The second-order valence-electron chi connectivity index (χ2n) is 15.1. The fourth-order valence-electron chi connectivity index (χ4n) is 10.2. The maximum Gasteiger partial charge on any atom is 0.226 e. The van der Waals surface area contributed by atoms with Gasteiger partial charge in [-0.15, -0.1) is 0 Å². The monoisotopic (exact) mass is 505 g/mol. The van der Waals surface area contributed by atoms with Crippen LogP contribution in [0.4, 0.5) is 0 Å². The van der Waals surface area contributed by atoms with Crippen molar-refractivity contribution in [3.05, 3.63) is 34.8 Å². The minimum absolute atomic E-state index is 0.0339. The maximum absolute atomic E-state index is 14.4. The summed E-state index contributed by atoms with van der Waals surface area (Å²) < 4.78 is 0. The van der Waals surface area contributed by atoms with Gasteiger partial charge in [-0.1, -0.05) is 60.1 Å². The van der Waals surface area contributed by atoms with Crippen molar-refractivity contribution >= 4 is 17.3 Å². The van der Waals surface area contributed by atoms with Crippen LogP contribution < -0.4 is 0 Å². The van der Waals surface area contributed by atoms with E-state index in [-0.39, 0.29) is 34.4 Å². The third kappa shape index (κ3) is 2.86. The van der Waals surface area contributed by atoms with Crippen LogP contribution in [0.25, 0.3) is 4.85 Å². The van der Waals surface area contributed by atoms with E-state index in [1.165, 1.54) is 0 Å². The number of Topliss-reactive ketones (excluding diaryl/α,β-unsaturated/α-hetero) is 2. The smallest absolute Gasteiger partial charge is 0.226 e. The summed E-state index contributed by atoms with van der Waals surface area (Å²) in [7, 11) is 0. The number of allylic oxidation sites excluding steroid dienone is 3. The molecule has 0 radical (unpaired) electrons. The molecule has 0 bridgehead atoms. The number of hydrogen-bond donors (Lipinski definition) is 1. The minimum atomic E-state index is -1.64. The molecule has 200 valence electrons. The average Bonchev–Trinajstić information content (AvgIpc) is 2.80. The van der Waals surface area contributed by atoms with Gasteiger partial charge >= 0.3 is 0 Å². The van der Waals surface area contributed by atoms with Gasteiger partial charge in [0.25, 0.3) is 0 Å². The third-order valence-electron chi connectivity index (χ3n) is 12.7. The Bertz CT molecular complexity index is 1230. The summed E-state index contributed by atoms with van der Waals surface area (Å²) in [6, 6.07) is 0. The zero-order valence-corrected chi connectivity index (χ0v) is 23.9. The zero-order valence-electron chi connectivity index (χ0n) is 23.9. The first-order valence-corrected chi connectivity index (χ1v) is 14.0. The van der Waals surface area contributed by atoms with Crippen LogP contribution in [-0.4, -0.2) is 28.1 Å². The second kappa shape index (κ2) is 7.32. The van der Waals surface area contributed by atoms with E-state index in [0.29, 0.717) is 25.7 Å². The summed E-state index contributed by atoms with van der Waals surface area (Å²) in [6.45, 7) is 24.0. The summed E-state index contributed by atoms with van der Waals surface area (Å²) in [4.78, 5) is 44.5. The molecule has 7 atom stereocenters. The molecule has 0 spiro atoms. The number of fused-ring (bicyclic) bond motifs is 7. The van der Waals surface area contributed by atoms with Crippen LogP contribution in [0.3, 0.4) is 0 Å². The van der Waals surface area contributed by atoms with Gasteiger partial charge in [-0.25, -0.2) is 4.85 Å². The van der Waals surface area contributed by atoms with Crippen LogP contribution in [0.1, 0.15) is 100 Å². The third-order valence-corrected chi connectivity index (χ3v) is 12.7. The van der Waals surface area contributed by atoms with Crippen LogP contribution in [0.5, 0.6) is 0 Å². The van der Waals surface area contributed by atoms with Gasteiger partial charge < -0.3 is 9.90 Å². The summed E-state index contributed by atoms with van der Waals surface area (Å²) in [5, 5.41) is 12.8. The van der Waals surface area contributed by atoms with Crippen molar-refractivity contribution in [3.63, 3.8) is 0 Å². The Morgan fingerprint density at radius 1 is 0.973 bits per heavy atom. The number of aliphatic hydroxyl groups is 1. The molecule has 5 nitrogen and oxygen atoms in total. The molecule has 5 heteroatoms. The van der Waals surface area contributed by atoms with E-state index in [4.69, 9.17) is 6.57 Å². The predicted octanol–water partition coefficient (Wildman–Crippen LogP) is 6.26. The Labute approximate surface area is 222 Å². The van der Waals surface area contributed by atoms with Gasteiger partial charge in [0.2, 0.25) is 5.70 Å². The lowest BCUT2D eigenvalue weighted by molar-refractivity contribution is -0.241. The van der Waals surface area contributed by atoms with E-state index in [1.54, 1.807) is 13.0 Å². The standard InChI is InChI=1S/C32H43NO4/c1-19(34)31-14-12-26(2,3)18-23(31)32(37)24(35)16-22-28(6)17-20(33-9)25(36)27(4,5)21(28)10-11-29(22,7)30(32,8)13-15-31/h16-17,21,23,37H,10-15,18H2,1-8H3/t21-,23+,28-,29+,30-,31+,32+/m0/s1. The summed E-state index contributed by atoms with van der Waals surface area (Å²) in [5.74, 6) is -0.763. The van der Waals surface area contributed by atoms with E-state index in [0.717, 1.165) is 24.8 Å². The number of carbonyl (C=O) groups excluding carboxylic acids is 3. The highest BCUT2D eigenvalue weighted by Crippen LogP contribution is 2.75. The molecule has 0 saturated heterocycles. The molecule has 0 amide bonds. The summed E-state index contributed by atoms with van der Waals surface area (Å²) in [6.07, 6.45) is 8.61. The van der Waals surface area contributed by atoms with Crippen molar-refractivity contribution in [2.45, 2.75) is 106 Å². The lowest BCUT2D eigenvalue weighted by Gasteiger charge is -2.71. The van der Waals surface area contributed by atoms with Crippen molar-refractivity contribution < 1.29 is 19.5 Å². The van der Waals surface area contributed by atoms with Gasteiger partial charge in [0.05, 0.1) is 6.57 Å². The summed E-state index contributed by atoms with van der Waals surface area (Å²) in [5.41, 5.74) is -3.87. The van der Waals surface area contributed by atoms with Gasteiger partial charge in [-0.2, -0.15) is 0 Å². The lowest BCUT2D eigenvalue weighted by atomic mass is 9.32. The number of rotatable bonds is 1. The number of hydrogen-bond acceptors (Lipinski definition) is 4. The van der Waals surface area contributed by atoms with Gasteiger partial charge in [-0.3, -0.25) is 9.59 Å². The molecule has 3 saturated carbocycles. The Morgan fingerprint density at radius 2 is 1.59 bits per heavy atom. The van der Waals surface area contributed by atoms with Gasteiger partial charge in [0, 0.05) is 27.6 Å². The molecule has 5 aliphatic rings. The molecular formula is C32H43NO4. The second-order valence-corrected chi connectivity index (χ2v) is 15.1. The van der Waals surface area contributed by atoms with Crippen molar-refractivity contribution in [1.82, 2.24) is 0 Å². The number of nitrogens with zero attached hydrogens (tertiary/aromatic N) is 1. The molecule has 0 aromatic heterocycles. The van der Waals surface area contributed by atoms with E-state index >= 15 is 0 Å². The van der Waals surface area contributed by atoms with Gasteiger partial charge in [-0.05, 0) is 74.7 Å². The first-order valence-electron chi connectivity index (χ1n) is 14.0. The minimum Gasteiger partial charge on any atom is -0.381 e. The molecule has 37 heavy (non-hydrogen) atoms. The van der Waals surface area contributed by atoms with Crippen molar-refractivity contribution in [2.75, 3.05) is 0 Å². The highest BCUT2D eigenvalue weighted by Gasteiger charge is 2.76. The van der Waals surface area contributed by atoms with Crippen molar-refractivity contribution in [1.29, 1.82) is 0 Å². The fraction of sp³-hybridized carbons (Fsp3) is 0.750. The van der Waals surface area contributed by atoms with E-state index in [2.05, 4.69) is 39.5 Å². The predicted molar refractivity (Wildman–Crippen MR) is 142 cm³/mol. The molecule has 5 aliphatic carbocycles. The molecule has 0 heterocycles. The molecule has 1 N–H and O–H groups in total. The quantitative estimate of drug-likeness (QED) is 0.427. The number of ketones is 3. The molecule has 0 aliphatic heterocycles. The Balaban J connectivity index is 1.76. The maximum atomic E-state index is 14.4. The highest BCUT2D eigenvalue weighted by atomic mass is 16.3. The molecule has 0 aromatic carbocycles. The molecule has 3 fully saturated rings. The molecular weight excluding hydrogens is 462 g/mol. The van der Waals surface area contributed by atoms with Crippen LogP contribution >= 0.6 is 0 Å². The normalized spacial score (nSPS) is 47.8. The number of carbonyl (C=O) groups is 3. The largest absolute Gasteiger partial charge is 0.381 e. The first kappa shape index (κ1) is 26.5. The fourth-order valence-corrected chi connectivity index (χ4v) is 10.2. The molecule has 0 aromatic rings. The average molecular weight is 506 g/mol. The van der Waals surface area contributed by atoms with Crippen LogP contribution in [0.15, 0.2) is 23.4 Å². The van der Waals surface area contributed by atoms with Crippen LogP contribution in [-0.2, 0) is 14.4 Å². The Morgan fingerprint density at radius 3 is 2.19 bits per heavy atom. The lowest BCUT2D eigenvalue weighted by Crippen LogP contribution is -2.74. The topological polar surface area (TPSA) is 75.8 Å². The Hall–Kier alpha value is -2.06. The van der Waals surface area contributed by atoms with Crippen molar-refractivity contribution in [3.8, 4) is 0 Å². The molecule has 5 rings (SSSR count). The zero-order chi connectivity index (χ0) is 27.6. The van der Waals surface area contributed by atoms with Gasteiger partial charge in [0.1, 0.15) is 11.4 Å². The SMILES string of the molecule is [C-]#[N+]C1=C[C@]2(C)C3=CC(=O)[C@]4(O)[C@@H]5CC(C)(C)CC[C@]5(C(C)=O)CC[C@@]4(C)[C@]3(C)CC[C@H]2C(C)(C)C1=O. The van der Waals surface area contributed by atoms with Crippen molar-refractivity contribution in [2.24, 2.45) is 44.3 Å². The van der Waals surface area contributed by atoms with Crippen LogP contribution in [0.2, 0.25) is 0 Å². The van der Waals surface area contributed by atoms with E-state index < -0.39 is 38.6 Å². The van der Waals surface area contributed by atoms with E-state index in [1.807, 2.05) is 19.9 Å². The molecule has 0 unspecified atom stereocenters. The van der Waals surface area contributed by atoms with Crippen LogP contribution in [0, 0.1) is 50.9 Å².